The van der Waals surface area contributed by atoms with Crippen LogP contribution in [0.15, 0.2) is 0 Å². The van der Waals surface area contributed by atoms with E-state index < -0.39 is 5.41 Å². The maximum Gasteiger partial charge on any atom is 0.240 e. The van der Waals surface area contributed by atoms with Gasteiger partial charge in [-0.3, -0.25) is 4.79 Å². The van der Waals surface area contributed by atoms with Gasteiger partial charge in [-0.1, -0.05) is 27.7 Å². The monoisotopic (exact) mass is 253 g/mol. The summed E-state index contributed by atoms with van der Waals surface area (Å²) in [5.41, 5.74) is -0.864. The minimum atomic E-state index is -0.864. The predicted molar refractivity (Wildman–Crippen MR) is 74.0 cm³/mol. The second-order valence-electron chi connectivity index (χ2n) is 4.76. The molecule has 1 atom stereocenters. The Morgan fingerprint density at radius 2 is 1.78 bits per heavy atom. The third-order valence-corrected chi connectivity index (χ3v) is 3.66. The molecule has 0 radical (unpaired) electrons. The van der Waals surface area contributed by atoms with Crippen molar-refractivity contribution in [3.05, 3.63) is 0 Å². The molecule has 0 aliphatic heterocycles. The van der Waals surface area contributed by atoms with E-state index in [-0.39, 0.29) is 11.9 Å². The number of carbonyl (C=O) groups is 1. The van der Waals surface area contributed by atoms with Gasteiger partial charge in [0.25, 0.3) is 0 Å². The Kier molecular flexibility index (Phi) is 7.61. The standard InChI is InChI=1S/C14H27N3O/c1-6-14(7-2,11-15)13(18)16-12(5)10-17(8-3)9-4/h12H,6-10H2,1-5H3,(H,16,18). The number of amides is 1. The Hall–Kier alpha value is -1.08. The van der Waals surface area contributed by atoms with Crippen molar-refractivity contribution in [1.82, 2.24) is 10.2 Å². The lowest BCUT2D eigenvalue weighted by molar-refractivity contribution is -0.129. The normalized spacial score (nSPS) is 13.2. The number of likely N-dealkylation sites (N-methyl/N-ethyl adjacent to an activating group) is 1. The summed E-state index contributed by atoms with van der Waals surface area (Å²) >= 11 is 0. The molecule has 0 saturated carbocycles. The maximum absolute atomic E-state index is 12.2. The quantitative estimate of drug-likeness (QED) is 0.721. The first-order chi connectivity index (χ1) is 8.49. The lowest BCUT2D eigenvalue weighted by atomic mass is 9.83. The fourth-order valence-electron chi connectivity index (χ4n) is 2.06. The Morgan fingerprint density at radius 1 is 1.28 bits per heavy atom. The number of nitrogens with zero attached hydrogens (tertiary/aromatic N) is 2. The Balaban J connectivity index is 4.51. The average Bonchev–Trinajstić information content (AvgIpc) is 2.38. The SMILES string of the molecule is CCN(CC)CC(C)NC(=O)C(C#N)(CC)CC. The van der Waals surface area contributed by atoms with E-state index in [9.17, 15) is 10.1 Å². The lowest BCUT2D eigenvalue weighted by Gasteiger charge is -2.28. The van der Waals surface area contributed by atoms with Crippen LogP contribution in [-0.4, -0.2) is 36.5 Å². The average molecular weight is 253 g/mol. The van der Waals surface area contributed by atoms with Crippen LogP contribution in [-0.2, 0) is 4.79 Å². The van der Waals surface area contributed by atoms with Gasteiger partial charge in [0.15, 0.2) is 0 Å². The zero-order valence-electron chi connectivity index (χ0n) is 12.4. The van der Waals surface area contributed by atoms with Gasteiger partial charge in [0.1, 0.15) is 5.41 Å². The van der Waals surface area contributed by atoms with E-state index >= 15 is 0 Å². The minimum Gasteiger partial charge on any atom is -0.351 e. The van der Waals surface area contributed by atoms with Gasteiger partial charge < -0.3 is 10.2 Å². The van der Waals surface area contributed by atoms with Crippen LogP contribution in [0.25, 0.3) is 0 Å². The number of nitriles is 1. The number of hydrogen-bond acceptors (Lipinski definition) is 3. The predicted octanol–water partition coefficient (Wildman–Crippen LogP) is 2.16. The van der Waals surface area contributed by atoms with Crippen LogP contribution in [0.1, 0.15) is 47.5 Å². The molecule has 0 saturated heterocycles. The highest BCUT2D eigenvalue weighted by molar-refractivity contribution is 5.85. The Morgan fingerprint density at radius 3 is 2.11 bits per heavy atom. The van der Waals surface area contributed by atoms with Gasteiger partial charge in [-0.2, -0.15) is 5.26 Å². The maximum atomic E-state index is 12.2. The van der Waals surface area contributed by atoms with Gasteiger partial charge >= 0.3 is 0 Å². The Bertz CT molecular complexity index is 288. The Labute approximate surface area is 111 Å². The largest absolute Gasteiger partial charge is 0.351 e. The van der Waals surface area contributed by atoms with E-state index in [0.29, 0.717) is 12.8 Å². The van der Waals surface area contributed by atoms with Gasteiger partial charge in [0.05, 0.1) is 6.07 Å². The van der Waals surface area contributed by atoms with Crippen molar-refractivity contribution in [2.24, 2.45) is 5.41 Å². The summed E-state index contributed by atoms with van der Waals surface area (Å²) in [4.78, 5) is 14.4. The van der Waals surface area contributed by atoms with E-state index in [1.165, 1.54) is 0 Å². The van der Waals surface area contributed by atoms with Gasteiger partial charge in [0.2, 0.25) is 5.91 Å². The van der Waals surface area contributed by atoms with Crippen molar-refractivity contribution in [1.29, 1.82) is 5.26 Å². The van der Waals surface area contributed by atoms with Crippen LogP contribution < -0.4 is 5.32 Å². The van der Waals surface area contributed by atoms with E-state index in [1.54, 1.807) is 0 Å². The first-order valence-corrected chi connectivity index (χ1v) is 6.94. The number of nitrogens with one attached hydrogen (secondary N) is 1. The van der Waals surface area contributed by atoms with Gasteiger partial charge in [0, 0.05) is 12.6 Å². The molecule has 0 rings (SSSR count). The van der Waals surface area contributed by atoms with E-state index in [0.717, 1.165) is 19.6 Å². The topological polar surface area (TPSA) is 56.1 Å². The molecule has 18 heavy (non-hydrogen) atoms. The summed E-state index contributed by atoms with van der Waals surface area (Å²) in [5, 5.41) is 12.2. The van der Waals surface area contributed by atoms with Crippen molar-refractivity contribution in [3.8, 4) is 6.07 Å². The molecular weight excluding hydrogens is 226 g/mol. The molecular formula is C14H27N3O. The molecule has 0 aliphatic carbocycles. The van der Waals surface area contributed by atoms with Gasteiger partial charge in [-0.15, -0.1) is 0 Å². The van der Waals surface area contributed by atoms with E-state index in [1.807, 2.05) is 20.8 Å². The second kappa shape index (κ2) is 8.10. The molecule has 0 aromatic heterocycles. The molecule has 0 bridgehead atoms. The third-order valence-electron chi connectivity index (χ3n) is 3.66. The molecule has 4 nitrogen and oxygen atoms in total. The second-order valence-corrected chi connectivity index (χ2v) is 4.76. The number of rotatable bonds is 8. The van der Waals surface area contributed by atoms with Gasteiger partial charge in [-0.25, -0.2) is 0 Å². The third kappa shape index (κ3) is 4.30. The number of hydrogen-bond donors (Lipinski definition) is 1. The molecule has 0 heterocycles. The molecule has 0 spiro atoms. The summed E-state index contributed by atoms with van der Waals surface area (Å²) in [7, 11) is 0. The fourth-order valence-corrected chi connectivity index (χ4v) is 2.06. The molecule has 1 unspecified atom stereocenters. The van der Waals surface area contributed by atoms with Crippen LogP contribution in [0.2, 0.25) is 0 Å². The highest BCUT2D eigenvalue weighted by Crippen LogP contribution is 2.25. The smallest absolute Gasteiger partial charge is 0.240 e. The van der Waals surface area contributed by atoms with Crippen LogP contribution in [0, 0.1) is 16.7 Å². The summed E-state index contributed by atoms with van der Waals surface area (Å²) < 4.78 is 0. The highest BCUT2D eigenvalue weighted by atomic mass is 16.2. The summed E-state index contributed by atoms with van der Waals surface area (Å²) in [6.45, 7) is 12.8. The van der Waals surface area contributed by atoms with Crippen LogP contribution in [0.3, 0.4) is 0 Å². The van der Waals surface area contributed by atoms with Gasteiger partial charge in [-0.05, 0) is 32.9 Å². The molecule has 0 aromatic carbocycles. The molecule has 0 aliphatic rings. The van der Waals surface area contributed by atoms with Crippen molar-refractivity contribution >= 4 is 5.91 Å². The van der Waals surface area contributed by atoms with Crippen molar-refractivity contribution in [2.45, 2.75) is 53.5 Å². The first kappa shape index (κ1) is 16.9. The molecule has 4 heteroatoms. The van der Waals surface area contributed by atoms with Crippen molar-refractivity contribution in [2.75, 3.05) is 19.6 Å². The summed E-state index contributed by atoms with van der Waals surface area (Å²) in [5.74, 6) is -0.130. The fraction of sp³-hybridized carbons (Fsp3) is 0.857. The molecule has 1 amide bonds. The van der Waals surface area contributed by atoms with Crippen LogP contribution in [0.4, 0.5) is 0 Å². The zero-order chi connectivity index (χ0) is 14.2. The first-order valence-electron chi connectivity index (χ1n) is 6.94. The van der Waals surface area contributed by atoms with Crippen molar-refractivity contribution in [3.63, 3.8) is 0 Å². The van der Waals surface area contributed by atoms with E-state index in [4.69, 9.17) is 0 Å². The molecule has 0 aromatic rings. The summed E-state index contributed by atoms with van der Waals surface area (Å²) in [6, 6.07) is 2.25. The van der Waals surface area contributed by atoms with E-state index in [2.05, 4.69) is 30.1 Å². The lowest BCUT2D eigenvalue weighted by Crippen LogP contribution is -2.47. The zero-order valence-corrected chi connectivity index (χ0v) is 12.4. The highest BCUT2D eigenvalue weighted by Gasteiger charge is 2.35. The molecule has 1 N–H and O–H groups in total. The van der Waals surface area contributed by atoms with Crippen molar-refractivity contribution < 1.29 is 4.79 Å². The minimum absolute atomic E-state index is 0.0724. The van der Waals surface area contributed by atoms with Crippen LogP contribution in [0.5, 0.6) is 0 Å². The molecule has 104 valence electrons. The number of carbonyl (C=O) groups excluding carboxylic acids is 1. The molecule has 0 fully saturated rings. The summed E-state index contributed by atoms with van der Waals surface area (Å²) in [6.07, 6.45) is 1.12. The van der Waals surface area contributed by atoms with Crippen LogP contribution >= 0.6 is 0 Å².